The average Bonchev–Trinajstić information content (AvgIpc) is 2.71. The van der Waals surface area contributed by atoms with Crippen molar-refractivity contribution in [3.05, 3.63) is 29.3 Å². The first-order chi connectivity index (χ1) is 12.9. The monoisotopic (exact) mass is 395 g/mol. The van der Waals surface area contributed by atoms with Gasteiger partial charge in [-0.3, -0.25) is 0 Å². The highest BCUT2D eigenvalue weighted by Crippen LogP contribution is 2.38. The fourth-order valence-corrected chi connectivity index (χ4v) is 6.22. The Morgan fingerprint density at radius 1 is 1.00 bits per heavy atom. The van der Waals surface area contributed by atoms with Crippen LogP contribution in [0.15, 0.2) is 23.1 Å². The summed E-state index contributed by atoms with van der Waals surface area (Å²) in [5.41, 5.74) is 0.0176. The molecule has 148 valence electrons. The maximum Gasteiger partial charge on any atom is 0.339 e. The molecule has 0 aromatic heterocycles. The van der Waals surface area contributed by atoms with Crippen molar-refractivity contribution < 1.29 is 27.5 Å². The number of carbonyl (C=O) groups excluding carboxylic acids is 2. The Morgan fingerprint density at radius 3 is 2.37 bits per heavy atom. The number of piperidine rings is 1. The Bertz CT molecular complexity index is 833. The predicted molar refractivity (Wildman–Crippen MR) is 98.0 cm³/mol. The average molecular weight is 395 g/mol. The topological polar surface area (TPSA) is 90.0 Å². The van der Waals surface area contributed by atoms with Crippen molar-refractivity contribution in [2.24, 2.45) is 5.92 Å². The Hall–Kier alpha value is -1.93. The summed E-state index contributed by atoms with van der Waals surface area (Å²) in [7, 11) is -1.53. The van der Waals surface area contributed by atoms with Gasteiger partial charge in [0.25, 0.3) is 0 Å². The van der Waals surface area contributed by atoms with Gasteiger partial charge >= 0.3 is 11.9 Å². The lowest BCUT2D eigenvalue weighted by atomic mass is 9.79. The minimum Gasteiger partial charge on any atom is -0.465 e. The number of hydrogen-bond donors (Lipinski definition) is 0. The van der Waals surface area contributed by atoms with Crippen LogP contribution in [0.25, 0.3) is 0 Å². The van der Waals surface area contributed by atoms with Crippen LogP contribution in [-0.4, -0.2) is 51.5 Å². The quantitative estimate of drug-likeness (QED) is 0.728. The Morgan fingerprint density at radius 2 is 1.67 bits per heavy atom. The number of nitrogens with zero attached hydrogens (tertiary/aromatic N) is 1. The van der Waals surface area contributed by atoms with Crippen molar-refractivity contribution in [2.45, 2.75) is 49.5 Å². The van der Waals surface area contributed by atoms with Crippen LogP contribution in [0.1, 0.15) is 59.2 Å². The van der Waals surface area contributed by atoms with Gasteiger partial charge in [0.1, 0.15) is 0 Å². The van der Waals surface area contributed by atoms with Gasteiger partial charge in [-0.1, -0.05) is 12.8 Å². The maximum absolute atomic E-state index is 13.5. The summed E-state index contributed by atoms with van der Waals surface area (Å²) in [4.78, 5) is 23.9. The molecule has 1 aromatic carbocycles. The first-order valence-corrected chi connectivity index (χ1v) is 10.7. The lowest BCUT2D eigenvalue weighted by Gasteiger charge is -2.43. The molecule has 27 heavy (non-hydrogen) atoms. The van der Waals surface area contributed by atoms with Gasteiger partial charge in [0.2, 0.25) is 10.0 Å². The SMILES string of the molecule is COC(=O)c1ccc(C(=O)OC)c(S(=O)(=O)N2CCCC3CCCCC32)c1. The van der Waals surface area contributed by atoms with E-state index < -0.39 is 22.0 Å². The highest BCUT2D eigenvalue weighted by molar-refractivity contribution is 7.89. The van der Waals surface area contributed by atoms with E-state index >= 15 is 0 Å². The number of hydrogen-bond acceptors (Lipinski definition) is 6. The summed E-state index contributed by atoms with van der Waals surface area (Å²) in [6.45, 7) is 0.423. The highest BCUT2D eigenvalue weighted by atomic mass is 32.2. The van der Waals surface area contributed by atoms with E-state index in [0.717, 1.165) is 38.5 Å². The van der Waals surface area contributed by atoms with Gasteiger partial charge in [-0.25, -0.2) is 18.0 Å². The van der Waals surface area contributed by atoms with Crippen molar-refractivity contribution in [1.82, 2.24) is 4.31 Å². The number of ether oxygens (including phenoxy) is 2. The molecule has 1 aliphatic carbocycles. The van der Waals surface area contributed by atoms with E-state index in [0.29, 0.717) is 12.5 Å². The minimum atomic E-state index is -3.96. The smallest absolute Gasteiger partial charge is 0.339 e. The summed E-state index contributed by atoms with van der Waals surface area (Å²) in [5, 5.41) is 0. The van der Waals surface area contributed by atoms with E-state index in [1.165, 1.54) is 36.7 Å². The van der Waals surface area contributed by atoms with E-state index in [2.05, 4.69) is 0 Å². The van der Waals surface area contributed by atoms with Gasteiger partial charge in [0.05, 0.1) is 30.2 Å². The second-order valence-corrected chi connectivity index (χ2v) is 8.92. The zero-order chi connectivity index (χ0) is 19.6. The van der Waals surface area contributed by atoms with Crippen molar-refractivity contribution in [3.63, 3.8) is 0 Å². The number of rotatable bonds is 4. The third-order valence-electron chi connectivity index (χ3n) is 5.59. The summed E-state index contributed by atoms with van der Waals surface area (Å²) < 4.78 is 38.0. The van der Waals surface area contributed by atoms with Crippen molar-refractivity contribution in [2.75, 3.05) is 20.8 Å². The molecule has 3 rings (SSSR count). The Kier molecular flexibility index (Phi) is 5.86. The van der Waals surface area contributed by atoms with E-state index in [1.807, 2.05) is 0 Å². The lowest BCUT2D eigenvalue weighted by Crippen LogP contribution is -2.49. The molecule has 0 bridgehead atoms. The predicted octanol–water partition coefficient (Wildman–Crippen LogP) is 2.60. The van der Waals surface area contributed by atoms with Crippen LogP contribution in [0.3, 0.4) is 0 Å². The van der Waals surface area contributed by atoms with Gasteiger partial charge < -0.3 is 9.47 Å². The molecule has 0 amide bonds. The number of sulfonamides is 1. The zero-order valence-electron chi connectivity index (χ0n) is 15.6. The van der Waals surface area contributed by atoms with E-state index in [1.54, 1.807) is 0 Å². The fourth-order valence-electron chi connectivity index (χ4n) is 4.26. The molecular formula is C19H25NO6S. The Balaban J connectivity index is 2.08. The van der Waals surface area contributed by atoms with E-state index in [9.17, 15) is 18.0 Å². The van der Waals surface area contributed by atoms with E-state index in [4.69, 9.17) is 9.47 Å². The van der Waals surface area contributed by atoms with Crippen LogP contribution in [0, 0.1) is 5.92 Å². The van der Waals surface area contributed by atoms with Gasteiger partial charge in [0.15, 0.2) is 0 Å². The molecule has 1 aromatic rings. The van der Waals surface area contributed by atoms with Crippen LogP contribution in [0.2, 0.25) is 0 Å². The third-order valence-corrected chi connectivity index (χ3v) is 7.55. The largest absolute Gasteiger partial charge is 0.465 e. The minimum absolute atomic E-state index is 0.0511. The van der Waals surface area contributed by atoms with E-state index in [-0.39, 0.29) is 22.1 Å². The van der Waals surface area contributed by atoms with Crippen molar-refractivity contribution in [3.8, 4) is 0 Å². The summed E-state index contributed by atoms with van der Waals surface area (Å²) >= 11 is 0. The third kappa shape index (κ3) is 3.73. The molecular weight excluding hydrogens is 370 g/mol. The highest BCUT2D eigenvalue weighted by Gasteiger charge is 2.41. The first-order valence-electron chi connectivity index (χ1n) is 9.22. The number of benzene rings is 1. The molecule has 0 spiro atoms. The molecule has 7 nitrogen and oxygen atoms in total. The van der Waals surface area contributed by atoms with Gasteiger partial charge in [-0.15, -0.1) is 0 Å². The first kappa shape index (κ1) is 19.8. The second kappa shape index (κ2) is 7.98. The van der Waals surface area contributed by atoms with Crippen LogP contribution in [-0.2, 0) is 19.5 Å². The van der Waals surface area contributed by atoms with Crippen molar-refractivity contribution >= 4 is 22.0 Å². The molecule has 1 heterocycles. The lowest BCUT2D eigenvalue weighted by molar-refractivity contribution is 0.0582. The van der Waals surface area contributed by atoms with Crippen molar-refractivity contribution in [1.29, 1.82) is 0 Å². The molecule has 0 radical (unpaired) electrons. The van der Waals surface area contributed by atoms with Crippen LogP contribution in [0.5, 0.6) is 0 Å². The Labute approximate surface area is 159 Å². The summed E-state index contributed by atoms with van der Waals surface area (Å²) in [6.07, 6.45) is 5.81. The molecule has 0 N–H and O–H groups in total. The molecule has 8 heteroatoms. The molecule has 2 aliphatic rings. The van der Waals surface area contributed by atoms with Crippen LogP contribution >= 0.6 is 0 Å². The molecule has 1 saturated carbocycles. The van der Waals surface area contributed by atoms with Gasteiger partial charge in [-0.05, 0) is 49.8 Å². The standard InChI is InChI=1S/C19H25NO6S/c1-25-18(21)14-9-10-15(19(22)26-2)17(12-14)27(23,24)20-11-5-7-13-6-3-4-8-16(13)20/h9-10,12-13,16H,3-8,11H2,1-2H3. The number of fused-ring (bicyclic) bond motifs is 1. The summed E-state index contributed by atoms with van der Waals surface area (Å²) in [6, 6.07) is 3.86. The normalized spacial score (nSPS) is 23.3. The molecule has 2 unspecified atom stereocenters. The fraction of sp³-hybridized carbons (Fsp3) is 0.579. The molecule has 1 saturated heterocycles. The van der Waals surface area contributed by atoms with Gasteiger partial charge in [-0.2, -0.15) is 4.31 Å². The maximum atomic E-state index is 13.5. The zero-order valence-corrected chi connectivity index (χ0v) is 16.5. The molecule has 2 atom stereocenters. The second-order valence-electron chi connectivity index (χ2n) is 7.06. The number of methoxy groups -OCH3 is 2. The molecule has 2 fully saturated rings. The van der Waals surface area contributed by atoms with Crippen LogP contribution < -0.4 is 0 Å². The number of esters is 2. The molecule has 1 aliphatic heterocycles. The number of carbonyl (C=O) groups is 2. The van der Waals surface area contributed by atoms with Gasteiger partial charge in [0, 0.05) is 12.6 Å². The van der Waals surface area contributed by atoms with Crippen LogP contribution in [0.4, 0.5) is 0 Å². The summed E-state index contributed by atoms with van der Waals surface area (Å²) in [5.74, 6) is -1.05.